The van der Waals surface area contributed by atoms with Gasteiger partial charge >= 0.3 is 0 Å². The first-order chi connectivity index (χ1) is 13.1. The molecule has 0 radical (unpaired) electrons. The highest BCUT2D eigenvalue weighted by molar-refractivity contribution is 7.22. The number of hydrogen-bond acceptors (Lipinski definition) is 5. The number of anilines is 1. The maximum absolute atomic E-state index is 12.2. The predicted octanol–water partition coefficient (Wildman–Crippen LogP) is 5.48. The number of fused-ring (bicyclic) bond motifs is 1. The number of aryl methyl sites for hydroxylation is 2. The van der Waals surface area contributed by atoms with Crippen molar-refractivity contribution in [3.8, 4) is 11.3 Å². The lowest BCUT2D eigenvalue weighted by Gasteiger charge is -2.00. The Kier molecular flexibility index (Phi) is 4.92. The summed E-state index contributed by atoms with van der Waals surface area (Å²) in [5.74, 6) is 0.973. The van der Waals surface area contributed by atoms with Crippen molar-refractivity contribution in [2.75, 3.05) is 5.32 Å². The third kappa shape index (κ3) is 4.02. The van der Waals surface area contributed by atoms with Gasteiger partial charge in [0.2, 0.25) is 5.91 Å². The van der Waals surface area contributed by atoms with Crippen molar-refractivity contribution in [1.29, 1.82) is 0 Å². The van der Waals surface area contributed by atoms with Crippen molar-refractivity contribution in [2.45, 2.75) is 19.8 Å². The monoisotopic (exact) mass is 397 g/mol. The van der Waals surface area contributed by atoms with Gasteiger partial charge in [0.15, 0.2) is 16.8 Å². The largest absolute Gasteiger partial charge is 0.441 e. The summed E-state index contributed by atoms with van der Waals surface area (Å²) in [6.45, 7) is 2.03. The van der Waals surface area contributed by atoms with Crippen LogP contribution in [0.4, 0.5) is 5.13 Å². The molecule has 0 saturated heterocycles. The van der Waals surface area contributed by atoms with Crippen LogP contribution >= 0.6 is 22.9 Å². The van der Waals surface area contributed by atoms with Gasteiger partial charge in [-0.25, -0.2) is 9.97 Å². The van der Waals surface area contributed by atoms with Crippen LogP contribution in [0.15, 0.2) is 53.1 Å². The molecule has 0 aliphatic carbocycles. The normalized spacial score (nSPS) is 11.0. The summed E-state index contributed by atoms with van der Waals surface area (Å²) in [6, 6.07) is 13.4. The lowest BCUT2D eigenvalue weighted by Crippen LogP contribution is -2.12. The molecule has 0 fully saturated rings. The number of amides is 1. The molecule has 0 unspecified atom stereocenters. The Hall–Kier alpha value is -2.70. The fourth-order valence-electron chi connectivity index (χ4n) is 2.70. The Balaban J connectivity index is 1.38. The molecule has 2 heterocycles. The van der Waals surface area contributed by atoms with E-state index in [1.807, 2.05) is 37.3 Å². The van der Waals surface area contributed by atoms with Crippen molar-refractivity contribution >= 4 is 44.2 Å². The molecule has 0 bridgehead atoms. The third-order valence-corrected chi connectivity index (χ3v) is 5.31. The van der Waals surface area contributed by atoms with E-state index < -0.39 is 0 Å². The zero-order valence-electron chi connectivity index (χ0n) is 14.5. The van der Waals surface area contributed by atoms with Crippen LogP contribution in [0.3, 0.4) is 0 Å². The first-order valence-corrected chi connectivity index (χ1v) is 9.64. The molecule has 136 valence electrons. The van der Waals surface area contributed by atoms with Crippen LogP contribution in [0.1, 0.15) is 17.9 Å². The first-order valence-electron chi connectivity index (χ1n) is 8.45. The van der Waals surface area contributed by atoms with Gasteiger partial charge in [0.05, 0.1) is 21.4 Å². The molecule has 1 N–H and O–H groups in total. The Labute approximate surface area is 165 Å². The fraction of sp³-hybridized carbons (Fsp3) is 0.150. The molecule has 4 rings (SSSR count). The van der Waals surface area contributed by atoms with Crippen LogP contribution in [0.2, 0.25) is 5.02 Å². The second-order valence-corrected chi connectivity index (χ2v) is 7.57. The number of benzene rings is 2. The first kappa shape index (κ1) is 17.7. The maximum atomic E-state index is 12.2. The summed E-state index contributed by atoms with van der Waals surface area (Å²) in [4.78, 5) is 20.9. The van der Waals surface area contributed by atoms with Gasteiger partial charge in [0, 0.05) is 18.4 Å². The van der Waals surface area contributed by atoms with Crippen molar-refractivity contribution in [3.63, 3.8) is 0 Å². The summed E-state index contributed by atoms with van der Waals surface area (Å²) in [5, 5.41) is 4.05. The van der Waals surface area contributed by atoms with Crippen LogP contribution in [0.5, 0.6) is 0 Å². The predicted molar refractivity (Wildman–Crippen MR) is 108 cm³/mol. The van der Waals surface area contributed by atoms with E-state index in [0.29, 0.717) is 28.2 Å². The summed E-state index contributed by atoms with van der Waals surface area (Å²) in [7, 11) is 0. The molecule has 0 spiro atoms. The molecule has 7 heteroatoms. The van der Waals surface area contributed by atoms with E-state index >= 15 is 0 Å². The molecule has 2 aromatic heterocycles. The third-order valence-electron chi connectivity index (χ3n) is 4.05. The molecule has 0 aliphatic heterocycles. The zero-order chi connectivity index (χ0) is 18.8. The Morgan fingerprint density at radius 3 is 2.96 bits per heavy atom. The van der Waals surface area contributed by atoms with Gasteiger partial charge in [-0.1, -0.05) is 41.1 Å². The Bertz CT molecular complexity index is 1120. The fourth-order valence-corrected chi connectivity index (χ4v) is 3.91. The van der Waals surface area contributed by atoms with E-state index in [2.05, 4.69) is 21.4 Å². The average Bonchev–Trinajstić information content (AvgIpc) is 3.26. The minimum Gasteiger partial charge on any atom is -0.441 e. The van der Waals surface area contributed by atoms with Crippen LogP contribution in [-0.2, 0) is 11.2 Å². The van der Waals surface area contributed by atoms with E-state index in [9.17, 15) is 4.79 Å². The lowest BCUT2D eigenvalue weighted by atomic mass is 10.2. The standard InChI is InChI=1S/C20H16ClN3O2S/c1-12-6-7-15-17(10-12)27-20(23-15)24-18(25)8-9-19-22-11-16(26-19)13-4-2-3-5-14(13)21/h2-7,10-11H,8-9H2,1H3,(H,23,24,25). The summed E-state index contributed by atoms with van der Waals surface area (Å²) in [5.41, 5.74) is 2.84. The van der Waals surface area contributed by atoms with Gasteiger partial charge in [-0.3, -0.25) is 4.79 Å². The summed E-state index contributed by atoms with van der Waals surface area (Å²) >= 11 is 7.64. The molecule has 5 nitrogen and oxygen atoms in total. The van der Waals surface area contributed by atoms with Crippen molar-refractivity contribution in [2.24, 2.45) is 0 Å². The van der Waals surface area contributed by atoms with E-state index in [0.717, 1.165) is 15.8 Å². The second-order valence-electron chi connectivity index (χ2n) is 6.14. The van der Waals surface area contributed by atoms with Gasteiger partial charge < -0.3 is 9.73 Å². The Morgan fingerprint density at radius 1 is 1.26 bits per heavy atom. The van der Waals surface area contributed by atoms with Crippen molar-refractivity contribution < 1.29 is 9.21 Å². The van der Waals surface area contributed by atoms with E-state index in [4.69, 9.17) is 16.0 Å². The number of hydrogen-bond donors (Lipinski definition) is 1. The number of nitrogens with one attached hydrogen (secondary N) is 1. The van der Waals surface area contributed by atoms with Crippen LogP contribution in [0.25, 0.3) is 21.5 Å². The van der Waals surface area contributed by atoms with E-state index in [-0.39, 0.29) is 12.3 Å². The molecular formula is C20H16ClN3O2S. The van der Waals surface area contributed by atoms with E-state index in [1.165, 1.54) is 16.9 Å². The topological polar surface area (TPSA) is 68.0 Å². The van der Waals surface area contributed by atoms with Crippen LogP contribution in [-0.4, -0.2) is 15.9 Å². The van der Waals surface area contributed by atoms with Gasteiger partial charge in [0.25, 0.3) is 0 Å². The number of thiazole rings is 1. The molecule has 2 aromatic carbocycles. The maximum Gasteiger partial charge on any atom is 0.226 e. The molecule has 1 amide bonds. The second kappa shape index (κ2) is 7.50. The van der Waals surface area contributed by atoms with Gasteiger partial charge in [-0.15, -0.1) is 0 Å². The number of nitrogens with zero attached hydrogens (tertiary/aromatic N) is 2. The number of oxazole rings is 1. The van der Waals surface area contributed by atoms with Crippen molar-refractivity contribution in [3.05, 3.63) is 65.1 Å². The number of carbonyl (C=O) groups excluding carboxylic acids is 1. The van der Waals surface area contributed by atoms with Gasteiger partial charge in [-0.2, -0.15) is 0 Å². The number of halogens is 1. The number of carbonyl (C=O) groups is 1. The molecule has 27 heavy (non-hydrogen) atoms. The van der Waals surface area contributed by atoms with Crippen molar-refractivity contribution in [1.82, 2.24) is 9.97 Å². The quantitative estimate of drug-likeness (QED) is 0.483. The molecule has 0 aliphatic rings. The SMILES string of the molecule is Cc1ccc2nc(NC(=O)CCc3ncc(-c4ccccc4Cl)o3)sc2c1. The Morgan fingerprint density at radius 2 is 2.11 bits per heavy atom. The molecule has 0 saturated carbocycles. The molecule has 0 atom stereocenters. The van der Waals surface area contributed by atoms with Gasteiger partial charge in [0.1, 0.15) is 0 Å². The highest BCUT2D eigenvalue weighted by Crippen LogP contribution is 2.29. The highest BCUT2D eigenvalue weighted by atomic mass is 35.5. The average molecular weight is 398 g/mol. The minimum absolute atomic E-state index is 0.122. The zero-order valence-corrected chi connectivity index (χ0v) is 16.1. The number of rotatable bonds is 5. The highest BCUT2D eigenvalue weighted by Gasteiger charge is 2.12. The minimum atomic E-state index is -0.122. The summed E-state index contributed by atoms with van der Waals surface area (Å²) in [6.07, 6.45) is 2.29. The summed E-state index contributed by atoms with van der Waals surface area (Å²) < 4.78 is 6.78. The molecular weight excluding hydrogens is 382 g/mol. The van der Waals surface area contributed by atoms with Crippen LogP contribution in [0, 0.1) is 6.92 Å². The van der Waals surface area contributed by atoms with Gasteiger partial charge in [-0.05, 0) is 36.8 Å². The van der Waals surface area contributed by atoms with Crippen LogP contribution < -0.4 is 5.32 Å². The molecule has 4 aromatic rings. The van der Waals surface area contributed by atoms with E-state index in [1.54, 1.807) is 12.3 Å². The smallest absolute Gasteiger partial charge is 0.226 e. The lowest BCUT2D eigenvalue weighted by molar-refractivity contribution is -0.116. The number of aromatic nitrogens is 2.